The van der Waals surface area contributed by atoms with Crippen LogP contribution in [0.1, 0.15) is 51.1 Å². The number of nitrogens with zero attached hydrogens (tertiary/aromatic N) is 1. The lowest BCUT2D eigenvalue weighted by molar-refractivity contribution is 0.0222. The molecule has 1 heterocycles. The lowest BCUT2D eigenvalue weighted by Crippen LogP contribution is -2.15. The van der Waals surface area contributed by atoms with E-state index in [2.05, 4.69) is 11.9 Å². The normalized spacial score (nSPS) is 12.6. The van der Waals surface area contributed by atoms with Crippen LogP contribution in [-0.4, -0.2) is 22.8 Å². The zero-order chi connectivity index (χ0) is 13.1. The first-order valence-electron chi connectivity index (χ1n) is 6.98. The van der Waals surface area contributed by atoms with Crippen molar-refractivity contribution in [3.8, 4) is 0 Å². The van der Waals surface area contributed by atoms with E-state index in [-0.39, 0.29) is 6.10 Å². The summed E-state index contributed by atoms with van der Waals surface area (Å²) >= 11 is 0. The molecular weight excluding hydrogens is 226 g/mol. The molecule has 0 aliphatic rings. The number of aliphatic hydroxyl groups is 1. The Kier molecular flexibility index (Phi) is 8.43. The summed E-state index contributed by atoms with van der Waals surface area (Å²) in [4.78, 5) is 4.16. The predicted octanol–water partition coefficient (Wildman–Crippen LogP) is 3.32. The average Bonchev–Trinajstić information content (AvgIpc) is 2.40. The summed E-state index contributed by atoms with van der Waals surface area (Å²) in [6.07, 6.45) is 8.39. The van der Waals surface area contributed by atoms with E-state index in [1.165, 1.54) is 25.7 Å². The highest BCUT2D eigenvalue weighted by atomic mass is 16.5. The quantitative estimate of drug-likeness (QED) is 0.649. The molecule has 0 aromatic carbocycles. The second kappa shape index (κ2) is 10.0. The SMILES string of the molecule is CCCCCCCC(O)COCc1ccccn1. The monoisotopic (exact) mass is 251 g/mol. The van der Waals surface area contributed by atoms with Crippen molar-refractivity contribution in [2.24, 2.45) is 0 Å². The van der Waals surface area contributed by atoms with Crippen LogP contribution < -0.4 is 0 Å². The van der Waals surface area contributed by atoms with Gasteiger partial charge in [-0.05, 0) is 18.6 Å². The predicted molar refractivity (Wildman–Crippen MR) is 73.3 cm³/mol. The van der Waals surface area contributed by atoms with Gasteiger partial charge in [0.25, 0.3) is 0 Å². The minimum Gasteiger partial charge on any atom is -0.391 e. The Morgan fingerprint density at radius 3 is 2.78 bits per heavy atom. The van der Waals surface area contributed by atoms with Crippen molar-refractivity contribution >= 4 is 0 Å². The summed E-state index contributed by atoms with van der Waals surface area (Å²) in [6.45, 7) is 3.10. The molecule has 1 unspecified atom stereocenters. The molecule has 0 radical (unpaired) electrons. The second-order valence-electron chi connectivity index (χ2n) is 4.69. The maximum absolute atomic E-state index is 9.74. The van der Waals surface area contributed by atoms with E-state index in [4.69, 9.17) is 4.74 Å². The summed E-state index contributed by atoms with van der Waals surface area (Å²) in [5.74, 6) is 0. The number of unbranched alkanes of at least 4 members (excludes halogenated alkanes) is 4. The van der Waals surface area contributed by atoms with Gasteiger partial charge in [0, 0.05) is 6.20 Å². The third kappa shape index (κ3) is 7.41. The van der Waals surface area contributed by atoms with Crippen LogP contribution in [-0.2, 0) is 11.3 Å². The number of rotatable bonds is 10. The lowest BCUT2D eigenvalue weighted by Gasteiger charge is -2.10. The highest BCUT2D eigenvalue weighted by Gasteiger charge is 2.04. The first-order valence-corrected chi connectivity index (χ1v) is 6.98. The maximum atomic E-state index is 9.74. The lowest BCUT2D eigenvalue weighted by atomic mass is 10.1. The third-order valence-electron chi connectivity index (χ3n) is 2.93. The van der Waals surface area contributed by atoms with Gasteiger partial charge in [0.05, 0.1) is 25.0 Å². The van der Waals surface area contributed by atoms with Crippen LogP contribution in [0.15, 0.2) is 24.4 Å². The van der Waals surface area contributed by atoms with Crippen LogP contribution in [0.4, 0.5) is 0 Å². The molecule has 18 heavy (non-hydrogen) atoms. The van der Waals surface area contributed by atoms with Crippen LogP contribution in [0.2, 0.25) is 0 Å². The van der Waals surface area contributed by atoms with Crippen molar-refractivity contribution in [2.45, 2.75) is 58.2 Å². The summed E-state index contributed by atoms with van der Waals surface area (Å²) in [5, 5.41) is 9.74. The van der Waals surface area contributed by atoms with E-state index >= 15 is 0 Å². The van der Waals surface area contributed by atoms with Crippen molar-refractivity contribution in [3.05, 3.63) is 30.1 Å². The van der Waals surface area contributed by atoms with E-state index in [9.17, 15) is 5.11 Å². The Hall–Kier alpha value is -0.930. The smallest absolute Gasteiger partial charge is 0.0889 e. The molecule has 1 rings (SSSR count). The van der Waals surface area contributed by atoms with Gasteiger partial charge >= 0.3 is 0 Å². The Morgan fingerprint density at radius 2 is 2.06 bits per heavy atom. The van der Waals surface area contributed by atoms with Crippen molar-refractivity contribution in [1.29, 1.82) is 0 Å². The van der Waals surface area contributed by atoms with Crippen LogP contribution in [0.25, 0.3) is 0 Å². The topological polar surface area (TPSA) is 42.4 Å². The van der Waals surface area contributed by atoms with Gasteiger partial charge in [-0.15, -0.1) is 0 Å². The second-order valence-corrected chi connectivity index (χ2v) is 4.69. The molecule has 1 aromatic rings. The standard InChI is InChI=1S/C15H25NO2/c1-2-3-4-5-6-10-15(17)13-18-12-14-9-7-8-11-16-14/h7-9,11,15,17H,2-6,10,12-13H2,1H3. The molecule has 0 aliphatic heterocycles. The van der Waals surface area contributed by atoms with Gasteiger partial charge in [0.15, 0.2) is 0 Å². The molecule has 0 bridgehead atoms. The van der Waals surface area contributed by atoms with Gasteiger partial charge in [0.2, 0.25) is 0 Å². The van der Waals surface area contributed by atoms with Crippen molar-refractivity contribution in [3.63, 3.8) is 0 Å². The van der Waals surface area contributed by atoms with Crippen molar-refractivity contribution in [1.82, 2.24) is 4.98 Å². The number of ether oxygens (including phenoxy) is 1. The number of aliphatic hydroxyl groups excluding tert-OH is 1. The van der Waals surface area contributed by atoms with E-state index in [0.29, 0.717) is 13.2 Å². The molecule has 0 saturated carbocycles. The van der Waals surface area contributed by atoms with Crippen LogP contribution >= 0.6 is 0 Å². The molecule has 1 aromatic heterocycles. The Balaban J connectivity index is 1.98. The Bertz CT molecular complexity index is 290. The minimum absolute atomic E-state index is 0.338. The fourth-order valence-electron chi connectivity index (χ4n) is 1.85. The molecule has 1 N–H and O–H groups in total. The van der Waals surface area contributed by atoms with Crippen LogP contribution in [0.3, 0.4) is 0 Å². The third-order valence-corrected chi connectivity index (χ3v) is 2.93. The molecular formula is C15H25NO2. The first kappa shape index (κ1) is 15.1. The fraction of sp³-hybridized carbons (Fsp3) is 0.667. The van der Waals surface area contributed by atoms with Gasteiger partial charge in [0.1, 0.15) is 0 Å². The molecule has 0 spiro atoms. The van der Waals surface area contributed by atoms with Gasteiger partial charge < -0.3 is 9.84 Å². The fourth-order valence-corrected chi connectivity index (χ4v) is 1.85. The van der Waals surface area contributed by atoms with Gasteiger partial charge in [-0.3, -0.25) is 4.98 Å². The average molecular weight is 251 g/mol. The number of aromatic nitrogens is 1. The molecule has 3 nitrogen and oxygen atoms in total. The summed E-state index contributed by atoms with van der Waals surface area (Å²) in [6, 6.07) is 5.75. The highest BCUT2D eigenvalue weighted by molar-refractivity contribution is 5.01. The molecule has 1 atom stereocenters. The molecule has 102 valence electrons. The maximum Gasteiger partial charge on any atom is 0.0889 e. The molecule has 0 aliphatic carbocycles. The summed E-state index contributed by atoms with van der Waals surface area (Å²) in [7, 11) is 0. The Labute approximate surface area is 110 Å². The largest absolute Gasteiger partial charge is 0.391 e. The van der Waals surface area contributed by atoms with Crippen molar-refractivity contribution < 1.29 is 9.84 Å². The zero-order valence-electron chi connectivity index (χ0n) is 11.3. The summed E-state index contributed by atoms with van der Waals surface area (Å²) < 4.78 is 5.45. The van der Waals surface area contributed by atoms with Gasteiger partial charge in [-0.25, -0.2) is 0 Å². The van der Waals surface area contributed by atoms with Gasteiger partial charge in [-0.1, -0.05) is 45.1 Å². The van der Waals surface area contributed by atoms with E-state index < -0.39 is 0 Å². The summed E-state index contributed by atoms with van der Waals surface area (Å²) in [5.41, 5.74) is 0.910. The van der Waals surface area contributed by atoms with E-state index in [1.807, 2.05) is 18.2 Å². The van der Waals surface area contributed by atoms with Crippen LogP contribution in [0.5, 0.6) is 0 Å². The van der Waals surface area contributed by atoms with E-state index in [1.54, 1.807) is 6.20 Å². The molecule has 3 heteroatoms. The minimum atomic E-state index is -0.338. The Morgan fingerprint density at radius 1 is 1.22 bits per heavy atom. The van der Waals surface area contributed by atoms with E-state index in [0.717, 1.165) is 18.5 Å². The zero-order valence-corrected chi connectivity index (χ0v) is 11.3. The van der Waals surface area contributed by atoms with Crippen LogP contribution in [0, 0.1) is 0 Å². The highest BCUT2D eigenvalue weighted by Crippen LogP contribution is 2.08. The first-order chi connectivity index (χ1) is 8.83. The number of pyridine rings is 1. The molecule has 0 fully saturated rings. The number of hydrogen-bond donors (Lipinski definition) is 1. The molecule has 0 amide bonds. The molecule has 0 saturated heterocycles. The van der Waals surface area contributed by atoms with Crippen molar-refractivity contribution in [2.75, 3.05) is 6.61 Å². The number of hydrogen-bond acceptors (Lipinski definition) is 3. The van der Waals surface area contributed by atoms with Gasteiger partial charge in [-0.2, -0.15) is 0 Å².